The van der Waals surface area contributed by atoms with Crippen molar-refractivity contribution in [2.75, 3.05) is 67.9 Å². The number of carbonyl (C=O) groups excluding carboxylic acids is 3. The van der Waals surface area contributed by atoms with Crippen molar-refractivity contribution in [3.8, 4) is 57.5 Å². The van der Waals surface area contributed by atoms with Crippen molar-refractivity contribution in [2.24, 2.45) is 0 Å². The topological polar surface area (TPSA) is 293 Å². The number of aromatic amines is 3. The van der Waals surface area contributed by atoms with Crippen LogP contribution in [0, 0.1) is 11.6 Å². The van der Waals surface area contributed by atoms with E-state index in [1.807, 2.05) is 109 Å². The fraction of sp³-hybridized carbons (Fsp3) is 0.242. The average molecular weight is 1740 g/mol. The number of hydrogen-bond donors (Lipinski definition) is 3. The van der Waals surface area contributed by atoms with Gasteiger partial charge in [0.2, 0.25) is 0 Å². The van der Waals surface area contributed by atoms with Crippen LogP contribution in [0.25, 0.3) is 32.7 Å². The number of carbonyl (C=O) groups is 3. The molecule has 9 heterocycles. The number of benzene rings is 9. The number of nitrogens with zero attached hydrogens (tertiary/aromatic N) is 12. The third kappa shape index (κ3) is 19.1. The molecule has 3 N–H and O–H groups in total. The molecular weight excluding hydrogens is 1660 g/mol. The fourth-order valence-electron chi connectivity index (χ4n) is 15.7. The Bertz CT molecular complexity index is 5970. The highest BCUT2D eigenvalue weighted by atomic mass is 35.5. The zero-order valence-corrected chi connectivity index (χ0v) is 70.0. The molecule has 3 atom stereocenters. The van der Waals surface area contributed by atoms with Gasteiger partial charge < -0.3 is 62.3 Å². The number of nitrogens with one attached hydrogen (secondary N) is 3. The molecule has 0 aliphatic carbocycles. The number of halogens is 5. The summed E-state index contributed by atoms with van der Waals surface area (Å²) in [6.07, 6.45) is 12.5. The van der Waals surface area contributed by atoms with Crippen LogP contribution in [0.15, 0.2) is 219 Å². The molecule has 0 saturated heterocycles. The lowest BCUT2D eigenvalue weighted by Crippen LogP contribution is -2.42. The first-order valence-corrected chi connectivity index (χ1v) is 41.1. The van der Waals surface area contributed by atoms with E-state index in [2.05, 4.69) is 45.7 Å². The van der Waals surface area contributed by atoms with Crippen molar-refractivity contribution in [3.63, 3.8) is 0 Å². The molecule has 3 amide bonds. The van der Waals surface area contributed by atoms with Crippen molar-refractivity contribution in [1.82, 2.24) is 74.6 Å². The van der Waals surface area contributed by atoms with Gasteiger partial charge in [-0.15, -0.1) is 5.10 Å². The smallest absolute Gasteiger partial charge is 0.416 e. The van der Waals surface area contributed by atoms with Crippen LogP contribution in [0.3, 0.4) is 0 Å². The molecular formula is C91H84Cl3F2N15O13. The van der Waals surface area contributed by atoms with Gasteiger partial charge in [0.25, 0.3) is 0 Å². The van der Waals surface area contributed by atoms with Crippen LogP contribution in [0.2, 0.25) is 15.1 Å². The minimum Gasteiger partial charge on any atom is -0.497 e. The number of fused-ring (bicyclic) bond motifs is 9. The van der Waals surface area contributed by atoms with Crippen LogP contribution in [0.5, 0.6) is 57.5 Å². The first-order valence-electron chi connectivity index (χ1n) is 40.0. The molecule has 0 radical (unpaired) electrons. The van der Waals surface area contributed by atoms with Crippen molar-refractivity contribution < 1.29 is 70.5 Å². The van der Waals surface area contributed by atoms with E-state index < -0.39 is 48.0 Å². The molecule has 0 saturated carbocycles. The van der Waals surface area contributed by atoms with Crippen molar-refractivity contribution in [2.45, 2.75) is 76.3 Å². The van der Waals surface area contributed by atoms with Gasteiger partial charge in [0.15, 0.2) is 34.5 Å². The first kappa shape index (κ1) is 83.8. The summed E-state index contributed by atoms with van der Waals surface area (Å²) in [5.74, 6) is 4.26. The highest BCUT2D eigenvalue weighted by Gasteiger charge is 2.40. The molecule has 3 aliphatic heterocycles. The van der Waals surface area contributed by atoms with E-state index in [0.29, 0.717) is 146 Å². The van der Waals surface area contributed by atoms with Crippen LogP contribution >= 0.6 is 34.8 Å². The monoisotopic (exact) mass is 1740 g/mol. The Hall–Kier alpha value is -13.8. The molecule has 9 aromatic carbocycles. The summed E-state index contributed by atoms with van der Waals surface area (Å²) in [4.78, 5) is 59.5. The van der Waals surface area contributed by atoms with Crippen molar-refractivity contribution in [1.29, 1.82) is 0 Å². The number of aryl methyl sites for hydroxylation is 3. The zero-order chi connectivity index (χ0) is 85.7. The number of ether oxygens (including phenoxy) is 10. The molecule has 0 spiro atoms. The Morgan fingerprint density at radius 1 is 0.387 bits per heavy atom. The predicted octanol–water partition coefficient (Wildman–Crippen LogP) is 18.4. The number of aromatic nitrogens is 12. The van der Waals surface area contributed by atoms with Crippen molar-refractivity contribution in [3.05, 3.63) is 296 Å². The molecule has 3 aliphatic rings. The second kappa shape index (κ2) is 38.5. The van der Waals surface area contributed by atoms with Gasteiger partial charge in [0, 0.05) is 116 Å². The Labute approximate surface area is 724 Å². The Morgan fingerprint density at radius 2 is 0.718 bits per heavy atom. The van der Waals surface area contributed by atoms with Gasteiger partial charge in [-0.2, -0.15) is 30.0 Å². The van der Waals surface area contributed by atoms with Crippen molar-refractivity contribution >= 4 is 85.8 Å². The number of rotatable bonds is 25. The van der Waals surface area contributed by atoms with Crippen LogP contribution in [0.4, 0.5) is 23.2 Å². The van der Waals surface area contributed by atoms with Gasteiger partial charge in [-0.25, -0.2) is 23.2 Å². The lowest BCUT2D eigenvalue weighted by molar-refractivity contribution is 0.134. The Kier molecular flexibility index (Phi) is 26.0. The van der Waals surface area contributed by atoms with Gasteiger partial charge >= 0.3 is 18.3 Å². The summed E-state index contributed by atoms with van der Waals surface area (Å²) in [6, 6.07) is 50.4. The van der Waals surface area contributed by atoms with Gasteiger partial charge in [0.1, 0.15) is 52.8 Å². The van der Waals surface area contributed by atoms with Crippen LogP contribution in [0.1, 0.15) is 87.9 Å². The number of H-pyrrole nitrogens is 3. The Balaban J connectivity index is 0.000000137. The summed E-state index contributed by atoms with van der Waals surface area (Å²) in [7, 11) is 6.36. The average Bonchev–Trinajstić information content (AvgIpc) is 1.50. The molecule has 15 aromatic rings. The van der Waals surface area contributed by atoms with E-state index in [-0.39, 0.29) is 11.5 Å². The quantitative estimate of drug-likeness (QED) is 0.0448. The van der Waals surface area contributed by atoms with Gasteiger partial charge in [0.05, 0.1) is 92.3 Å². The molecule has 124 heavy (non-hydrogen) atoms. The third-order valence-electron chi connectivity index (χ3n) is 21.5. The van der Waals surface area contributed by atoms with Gasteiger partial charge in [-0.05, 0) is 216 Å². The number of hydrogen-bond acceptors (Lipinski definition) is 19. The minimum absolute atomic E-state index is 0.260. The molecule has 636 valence electrons. The summed E-state index contributed by atoms with van der Waals surface area (Å²) in [6.45, 7) is 4.59. The molecule has 6 aromatic heterocycles. The van der Waals surface area contributed by atoms with E-state index in [1.165, 1.54) is 48.5 Å². The maximum Gasteiger partial charge on any atom is 0.416 e. The van der Waals surface area contributed by atoms with E-state index in [0.717, 1.165) is 96.0 Å². The second-order valence-corrected chi connectivity index (χ2v) is 30.4. The van der Waals surface area contributed by atoms with E-state index in [4.69, 9.17) is 82.2 Å². The van der Waals surface area contributed by atoms with Crippen LogP contribution < -0.4 is 47.4 Å². The van der Waals surface area contributed by atoms with Crippen LogP contribution in [-0.4, -0.2) is 161 Å². The highest BCUT2D eigenvalue weighted by molar-refractivity contribution is 6.32. The van der Waals surface area contributed by atoms with E-state index >= 15 is 0 Å². The molecule has 33 heteroatoms. The lowest BCUT2D eigenvalue weighted by atomic mass is 9.92. The fourth-order valence-corrected chi connectivity index (χ4v) is 16.2. The van der Waals surface area contributed by atoms with Crippen LogP contribution in [-0.2, 0) is 38.9 Å². The first-order chi connectivity index (χ1) is 60.5. The molecule has 0 bridgehead atoms. The molecule has 18 rings (SSSR count). The second-order valence-electron chi connectivity index (χ2n) is 29.1. The van der Waals surface area contributed by atoms with E-state index in [1.54, 1.807) is 119 Å². The molecule has 3 unspecified atom stereocenters. The summed E-state index contributed by atoms with van der Waals surface area (Å²) in [5.41, 5.74) is 11.2. The summed E-state index contributed by atoms with van der Waals surface area (Å²) >= 11 is 19.0. The van der Waals surface area contributed by atoms with Gasteiger partial charge in [-0.1, -0.05) is 58.2 Å². The summed E-state index contributed by atoms with van der Waals surface area (Å²) in [5, 5.41) is 29.2. The molecule has 28 nitrogen and oxygen atoms in total. The van der Waals surface area contributed by atoms with Gasteiger partial charge in [-0.3, -0.25) is 19.4 Å². The maximum atomic E-state index is 13.6. The summed E-state index contributed by atoms with van der Waals surface area (Å²) < 4.78 is 86.2. The number of amides is 3. The molecule has 0 fully saturated rings. The standard InChI is InChI=1S/C31H30ClN5O5.2C30H27ClFN5O4/c1-39-22-6-8-23(9-7-22)42-31(38)36-16-12-24-25-19-21(32)5-10-26(25)35-29(24)30(36)20-4-11-27(28(18-20)40-2)41-17-3-15-37-33-13-14-34-37;1-39-27-17-19(3-10-26(27)40-16-2-14-37-33-12-13-34-37)29-28-23(24-18-20(31)4-9-25(24)35-28)11-15-36(29)30(38)41-22-7-5-21(32)6-8-22;1-39-27-17-19(3-10-26(27)40-16-2-13-36-15-12-33-35-36)29-28-23(24-18-20(31)4-9-25(24)34-28)11-14-37(29)30(38)41-22-7-5-21(32)6-8-22/h4-11,13-14,18-19,30,35H,3,12,15-17H2,1-2H3;3-10,12-13,17-18,29,35H,2,11,14-16H2,1H3;3-10,12,15,17-18,29,34H,2,11,13-14,16H2,1H3. The highest BCUT2D eigenvalue weighted by Crippen LogP contribution is 2.47. The third-order valence-corrected chi connectivity index (χ3v) is 22.2. The van der Waals surface area contributed by atoms with E-state index in [9.17, 15) is 23.2 Å². The largest absolute Gasteiger partial charge is 0.497 e. The SMILES string of the molecule is COc1cc(C2c3[nH]c4ccc(Cl)cc4c3CCN2C(=O)Oc2ccc(F)cc2)ccc1OCCCn1ccnn1.COc1cc(C2c3[nH]c4ccc(Cl)cc4c3CCN2C(=O)Oc2ccc(F)cc2)ccc1OCCCn1nccn1.COc1ccc(OC(=O)N2CCc3c([nH]c4ccc(Cl)cc34)C2c2ccc(OCCCn3nccn3)c(OC)c2)cc1. The Morgan fingerprint density at radius 3 is 1.04 bits per heavy atom. The predicted molar refractivity (Wildman–Crippen MR) is 460 cm³/mol. The zero-order valence-electron chi connectivity index (χ0n) is 67.7. The minimum atomic E-state index is -0.546. The normalized spacial score (nSPS) is 14.6. The lowest BCUT2D eigenvalue weighted by Gasteiger charge is -2.35. The maximum absolute atomic E-state index is 13.6. The number of methoxy groups -OCH3 is 4.